The standard InChI is InChI=1S/C10H16N2/c1-2-4-6-8-10-12-11-9-7-5-3-1/h3-6H,1-2,7-10H2/b5-3+,6-4?,12-11?. The highest BCUT2D eigenvalue weighted by Gasteiger charge is 1.83. The number of nitrogens with zero attached hydrogens (tertiary/aromatic N) is 2. The molecule has 1 heterocycles. The number of hydrogen-bond donors (Lipinski definition) is 0. The molecule has 0 radical (unpaired) electrons. The van der Waals surface area contributed by atoms with Gasteiger partial charge in [0.1, 0.15) is 0 Å². The van der Waals surface area contributed by atoms with Crippen LogP contribution in [0, 0.1) is 0 Å². The van der Waals surface area contributed by atoms with Crippen LogP contribution < -0.4 is 0 Å². The Bertz CT molecular complexity index is 129. The second-order valence-corrected chi connectivity index (χ2v) is 2.83. The molecule has 2 heteroatoms. The second-order valence-electron chi connectivity index (χ2n) is 2.83. The third-order valence-corrected chi connectivity index (χ3v) is 1.72. The summed E-state index contributed by atoms with van der Waals surface area (Å²) in [5.74, 6) is 0. The first-order chi connectivity index (χ1) is 6.00. The van der Waals surface area contributed by atoms with E-state index in [-0.39, 0.29) is 0 Å². The first-order valence-corrected chi connectivity index (χ1v) is 4.63. The molecule has 0 bridgehead atoms. The molecule has 0 fully saturated rings. The molecule has 0 aliphatic carbocycles. The van der Waals surface area contributed by atoms with Gasteiger partial charge < -0.3 is 0 Å². The van der Waals surface area contributed by atoms with Crippen molar-refractivity contribution in [1.29, 1.82) is 0 Å². The lowest BCUT2D eigenvalue weighted by Gasteiger charge is -1.92. The Kier molecular flexibility index (Phi) is 5.17. The quantitative estimate of drug-likeness (QED) is 0.491. The maximum Gasteiger partial charge on any atom is 0.0633 e. The minimum absolute atomic E-state index is 0.847. The maximum atomic E-state index is 4.04. The van der Waals surface area contributed by atoms with Crippen molar-refractivity contribution in [1.82, 2.24) is 0 Å². The number of allylic oxidation sites excluding steroid dienone is 2. The number of hydrogen-bond acceptors (Lipinski definition) is 2. The summed E-state index contributed by atoms with van der Waals surface area (Å²) in [5.41, 5.74) is 0. The minimum atomic E-state index is 0.847. The summed E-state index contributed by atoms with van der Waals surface area (Å²) < 4.78 is 0. The van der Waals surface area contributed by atoms with Crippen molar-refractivity contribution in [3.05, 3.63) is 24.3 Å². The Hall–Kier alpha value is -0.920. The second kappa shape index (κ2) is 6.77. The lowest BCUT2D eigenvalue weighted by atomic mass is 10.2. The molecule has 0 saturated heterocycles. The van der Waals surface area contributed by atoms with Crippen LogP contribution in [-0.2, 0) is 0 Å². The Labute approximate surface area is 74.1 Å². The van der Waals surface area contributed by atoms with Gasteiger partial charge in [-0.15, -0.1) is 0 Å². The van der Waals surface area contributed by atoms with E-state index in [1.165, 1.54) is 0 Å². The fourth-order valence-electron chi connectivity index (χ4n) is 1.07. The molecule has 12 heavy (non-hydrogen) atoms. The van der Waals surface area contributed by atoms with E-state index in [1.54, 1.807) is 0 Å². The van der Waals surface area contributed by atoms with E-state index in [0.29, 0.717) is 0 Å². The molecule has 0 saturated carbocycles. The van der Waals surface area contributed by atoms with Crippen molar-refractivity contribution in [2.45, 2.75) is 25.7 Å². The molecule has 0 atom stereocenters. The highest BCUT2D eigenvalue weighted by atomic mass is 15.1. The van der Waals surface area contributed by atoms with E-state index >= 15 is 0 Å². The zero-order chi connectivity index (χ0) is 8.49. The SMILES string of the molecule is C1=CCCN=NCC/C=C/CC1. The fourth-order valence-corrected chi connectivity index (χ4v) is 1.07. The van der Waals surface area contributed by atoms with Gasteiger partial charge in [0.15, 0.2) is 0 Å². The predicted molar refractivity (Wildman–Crippen MR) is 51.3 cm³/mol. The van der Waals surface area contributed by atoms with Crippen LogP contribution in [0.4, 0.5) is 0 Å². The largest absolute Gasteiger partial charge is 0.194 e. The average Bonchev–Trinajstić information content (AvgIpc) is 2.05. The lowest BCUT2D eigenvalue weighted by Crippen LogP contribution is -1.80. The molecule has 1 rings (SSSR count). The van der Waals surface area contributed by atoms with Crippen LogP contribution in [0.25, 0.3) is 0 Å². The molecule has 0 aromatic rings. The van der Waals surface area contributed by atoms with Crippen molar-refractivity contribution in [2.24, 2.45) is 10.2 Å². The monoisotopic (exact) mass is 164 g/mol. The van der Waals surface area contributed by atoms with Crippen LogP contribution >= 0.6 is 0 Å². The predicted octanol–water partition coefficient (Wildman–Crippen LogP) is 3.13. The van der Waals surface area contributed by atoms with Gasteiger partial charge in [-0.1, -0.05) is 24.3 Å². The molecule has 2 nitrogen and oxygen atoms in total. The van der Waals surface area contributed by atoms with Crippen LogP contribution in [0.1, 0.15) is 25.7 Å². The molecule has 1 aliphatic rings. The molecule has 0 aromatic heterocycles. The van der Waals surface area contributed by atoms with Gasteiger partial charge in [0.05, 0.1) is 13.1 Å². The Morgan fingerprint density at radius 2 is 1.00 bits per heavy atom. The van der Waals surface area contributed by atoms with Crippen molar-refractivity contribution in [2.75, 3.05) is 13.1 Å². The summed E-state index contributed by atoms with van der Waals surface area (Å²) in [6.45, 7) is 1.69. The van der Waals surface area contributed by atoms with Gasteiger partial charge in [-0.3, -0.25) is 0 Å². The Balaban J connectivity index is 2.30. The van der Waals surface area contributed by atoms with Gasteiger partial charge in [-0.05, 0) is 25.7 Å². The third kappa shape index (κ3) is 4.83. The summed E-state index contributed by atoms with van der Waals surface area (Å²) in [6, 6.07) is 0. The zero-order valence-corrected chi connectivity index (χ0v) is 7.45. The minimum Gasteiger partial charge on any atom is -0.194 e. The molecule has 0 amide bonds. The van der Waals surface area contributed by atoms with Crippen LogP contribution in [0.2, 0.25) is 0 Å². The van der Waals surface area contributed by atoms with Crippen molar-refractivity contribution in [3.63, 3.8) is 0 Å². The third-order valence-electron chi connectivity index (χ3n) is 1.72. The first-order valence-electron chi connectivity index (χ1n) is 4.63. The number of azo groups is 1. The lowest BCUT2D eigenvalue weighted by molar-refractivity contribution is 0.827. The molecule has 0 unspecified atom stereocenters. The Morgan fingerprint density at radius 3 is 1.50 bits per heavy atom. The van der Waals surface area contributed by atoms with Crippen LogP contribution in [0.15, 0.2) is 34.5 Å². The number of rotatable bonds is 0. The average molecular weight is 164 g/mol. The van der Waals surface area contributed by atoms with Gasteiger partial charge in [0.2, 0.25) is 0 Å². The molecule has 66 valence electrons. The van der Waals surface area contributed by atoms with Crippen LogP contribution in [-0.4, -0.2) is 13.1 Å². The molecule has 1 aliphatic heterocycles. The molecular weight excluding hydrogens is 148 g/mol. The summed E-state index contributed by atoms with van der Waals surface area (Å²) >= 11 is 0. The van der Waals surface area contributed by atoms with Gasteiger partial charge >= 0.3 is 0 Å². The van der Waals surface area contributed by atoms with Crippen molar-refractivity contribution >= 4 is 0 Å². The molecule has 0 aromatic carbocycles. The summed E-state index contributed by atoms with van der Waals surface area (Å²) in [5, 5.41) is 8.09. The van der Waals surface area contributed by atoms with Crippen LogP contribution in [0.3, 0.4) is 0 Å². The smallest absolute Gasteiger partial charge is 0.0633 e. The zero-order valence-electron chi connectivity index (χ0n) is 7.45. The highest BCUT2D eigenvalue weighted by Crippen LogP contribution is 1.98. The molecular formula is C10H16N2. The van der Waals surface area contributed by atoms with E-state index in [1.807, 2.05) is 0 Å². The van der Waals surface area contributed by atoms with E-state index in [9.17, 15) is 0 Å². The van der Waals surface area contributed by atoms with Gasteiger partial charge in [-0.25, -0.2) is 0 Å². The maximum absolute atomic E-state index is 4.04. The van der Waals surface area contributed by atoms with E-state index in [4.69, 9.17) is 0 Å². The van der Waals surface area contributed by atoms with E-state index in [0.717, 1.165) is 38.8 Å². The van der Waals surface area contributed by atoms with Gasteiger partial charge in [0.25, 0.3) is 0 Å². The van der Waals surface area contributed by atoms with Crippen molar-refractivity contribution < 1.29 is 0 Å². The van der Waals surface area contributed by atoms with Crippen molar-refractivity contribution in [3.8, 4) is 0 Å². The van der Waals surface area contributed by atoms with Crippen LogP contribution in [0.5, 0.6) is 0 Å². The van der Waals surface area contributed by atoms with E-state index < -0.39 is 0 Å². The normalized spacial score (nSPS) is 22.7. The first kappa shape index (κ1) is 9.17. The van der Waals surface area contributed by atoms with Gasteiger partial charge in [0, 0.05) is 0 Å². The fraction of sp³-hybridized carbons (Fsp3) is 0.600. The van der Waals surface area contributed by atoms with E-state index in [2.05, 4.69) is 34.5 Å². The summed E-state index contributed by atoms with van der Waals surface area (Å²) in [6.07, 6.45) is 13.2. The highest BCUT2D eigenvalue weighted by molar-refractivity contribution is 4.88. The topological polar surface area (TPSA) is 24.7 Å². The summed E-state index contributed by atoms with van der Waals surface area (Å²) in [7, 11) is 0. The Morgan fingerprint density at radius 1 is 0.583 bits per heavy atom. The molecule has 0 N–H and O–H groups in total. The summed E-state index contributed by atoms with van der Waals surface area (Å²) in [4.78, 5) is 0. The van der Waals surface area contributed by atoms with Gasteiger partial charge in [-0.2, -0.15) is 10.2 Å². The molecule has 0 spiro atoms.